The molecule has 0 atom stereocenters. The number of rotatable bonds is 8. The molecule has 0 bridgehead atoms. The van der Waals surface area contributed by atoms with E-state index in [1.165, 1.54) is 45.6 Å². The minimum absolute atomic E-state index is 0.0588. The molecule has 0 saturated carbocycles. The SMILES string of the molecule is COc1cc(C(=O)/C(=C/c2ccc([N+](=O)[O-])cc2)c2nc3ccccc3o2)cc(OC)c1OC. The highest BCUT2D eigenvalue weighted by atomic mass is 16.6. The van der Waals surface area contributed by atoms with Gasteiger partial charge >= 0.3 is 0 Å². The first-order valence-electron chi connectivity index (χ1n) is 10.1. The number of benzene rings is 3. The highest BCUT2D eigenvalue weighted by Gasteiger charge is 2.24. The quantitative estimate of drug-likeness (QED) is 0.153. The van der Waals surface area contributed by atoms with Gasteiger partial charge in [-0.3, -0.25) is 14.9 Å². The van der Waals surface area contributed by atoms with Crippen LogP contribution in [0.5, 0.6) is 17.2 Å². The number of methoxy groups -OCH3 is 3. The maximum absolute atomic E-state index is 13.7. The lowest BCUT2D eigenvalue weighted by molar-refractivity contribution is -0.384. The van der Waals surface area contributed by atoms with E-state index in [9.17, 15) is 14.9 Å². The van der Waals surface area contributed by atoms with Gasteiger partial charge in [0.05, 0.1) is 31.8 Å². The third-order valence-electron chi connectivity index (χ3n) is 5.11. The highest BCUT2D eigenvalue weighted by Crippen LogP contribution is 2.39. The Morgan fingerprint density at radius 1 is 0.971 bits per heavy atom. The van der Waals surface area contributed by atoms with Crippen LogP contribution in [0.25, 0.3) is 22.7 Å². The van der Waals surface area contributed by atoms with Crippen LogP contribution < -0.4 is 14.2 Å². The van der Waals surface area contributed by atoms with Crippen molar-refractivity contribution in [3.8, 4) is 17.2 Å². The molecule has 9 heteroatoms. The number of hydrogen-bond donors (Lipinski definition) is 0. The summed E-state index contributed by atoms with van der Waals surface area (Å²) in [5.74, 6) is 0.682. The molecule has 34 heavy (non-hydrogen) atoms. The van der Waals surface area contributed by atoms with Gasteiger partial charge in [0.25, 0.3) is 5.69 Å². The number of nitrogens with zero attached hydrogens (tertiary/aromatic N) is 2. The minimum Gasteiger partial charge on any atom is -0.493 e. The van der Waals surface area contributed by atoms with Crippen LogP contribution in [0.15, 0.2) is 65.1 Å². The number of allylic oxidation sites excluding steroid dienone is 1. The predicted octanol–water partition coefficient (Wildman–Crippen LogP) is 5.19. The molecule has 0 fully saturated rings. The van der Waals surface area contributed by atoms with Crippen LogP contribution in [-0.4, -0.2) is 37.0 Å². The van der Waals surface area contributed by atoms with Crippen LogP contribution >= 0.6 is 0 Å². The van der Waals surface area contributed by atoms with Gasteiger partial charge in [-0.1, -0.05) is 12.1 Å². The number of nitro groups is 1. The van der Waals surface area contributed by atoms with E-state index in [2.05, 4.69) is 4.98 Å². The summed E-state index contributed by atoms with van der Waals surface area (Å²) < 4.78 is 22.0. The molecule has 1 heterocycles. The largest absolute Gasteiger partial charge is 0.493 e. The zero-order valence-corrected chi connectivity index (χ0v) is 18.6. The van der Waals surface area contributed by atoms with E-state index in [-0.39, 0.29) is 22.7 Å². The molecule has 0 aliphatic rings. The summed E-state index contributed by atoms with van der Waals surface area (Å²) in [6.45, 7) is 0. The van der Waals surface area contributed by atoms with Crippen LogP contribution in [0.3, 0.4) is 0 Å². The Bertz CT molecular complexity index is 1350. The number of hydrogen-bond acceptors (Lipinski definition) is 8. The van der Waals surface area contributed by atoms with Crippen molar-refractivity contribution in [1.82, 2.24) is 4.98 Å². The monoisotopic (exact) mass is 460 g/mol. The molecule has 0 radical (unpaired) electrons. The molecule has 0 saturated heterocycles. The molecule has 4 rings (SSSR count). The number of carbonyl (C=O) groups excluding carboxylic acids is 1. The third kappa shape index (κ3) is 4.31. The first-order chi connectivity index (χ1) is 16.4. The molecule has 1 aromatic heterocycles. The molecule has 4 aromatic rings. The second kappa shape index (κ2) is 9.45. The average molecular weight is 460 g/mol. The van der Waals surface area contributed by atoms with Crippen LogP contribution in [0.4, 0.5) is 5.69 Å². The van der Waals surface area contributed by atoms with Crippen molar-refractivity contribution in [2.45, 2.75) is 0 Å². The fraction of sp³-hybridized carbons (Fsp3) is 0.120. The van der Waals surface area contributed by atoms with Gasteiger partial charge in [-0.25, -0.2) is 4.98 Å². The summed E-state index contributed by atoms with van der Waals surface area (Å²) in [7, 11) is 4.39. The second-order valence-corrected chi connectivity index (χ2v) is 7.14. The van der Waals surface area contributed by atoms with Crippen LogP contribution in [0.1, 0.15) is 21.8 Å². The minimum atomic E-state index is -0.490. The standard InChI is InChI=1S/C25H20N2O7/c1-31-21-13-16(14-22(32-2)24(21)33-3)23(28)18(12-15-8-10-17(11-9-15)27(29)30)25-26-19-6-4-5-7-20(19)34-25/h4-14H,1-3H3/b18-12-. The van der Waals surface area contributed by atoms with Crippen molar-refractivity contribution in [2.75, 3.05) is 21.3 Å². The van der Waals surface area contributed by atoms with Gasteiger partial charge in [0.2, 0.25) is 11.6 Å². The van der Waals surface area contributed by atoms with Gasteiger partial charge < -0.3 is 18.6 Å². The Morgan fingerprint density at radius 2 is 1.62 bits per heavy atom. The van der Waals surface area contributed by atoms with Crippen molar-refractivity contribution < 1.29 is 28.3 Å². The number of carbonyl (C=O) groups is 1. The van der Waals surface area contributed by atoms with E-state index in [0.29, 0.717) is 33.9 Å². The number of nitro benzene ring substituents is 1. The molecule has 0 amide bonds. The second-order valence-electron chi connectivity index (χ2n) is 7.14. The maximum Gasteiger partial charge on any atom is 0.269 e. The van der Waals surface area contributed by atoms with Crippen molar-refractivity contribution in [3.05, 3.63) is 87.8 Å². The lowest BCUT2D eigenvalue weighted by Gasteiger charge is -2.14. The summed E-state index contributed by atoms with van der Waals surface area (Å²) >= 11 is 0. The van der Waals surface area contributed by atoms with Gasteiger partial charge in [0, 0.05) is 17.7 Å². The smallest absolute Gasteiger partial charge is 0.269 e. The molecule has 0 aliphatic heterocycles. The van der Waals surface area contributed by atoms with Crippen LogP contribution in [-0.2, 0) is 0 Å². The Morgan fingerprint density at radius 3 is 2.18 bits per heavy atom. The topological polar surface area (TPSA) is 114 Å². The zero-order chi connectivity index (χ0) is 24.2. The Balaban J connectivity index is 1.87. The van der Waals surface area contributed by atoms with Crippen LogP contribution in [0.2, 0.25) is 0 Å². The summed E-state index contributed by atoms with van der Waals surface area (Å²) in [6.07, 6.45) is 1.57. The first-order valence-corrected chi connectivity index (χ1v) is 10.1. The number of fused-ring (bicyclic) bond motifs is 1. The normalized spacial score (nSPS) is 11.3. The van der Waals surface area contributed by atoms with Gasteiger partial charge in [-0.05, 0) is 48.0 Å². The molecule has 172 valence electrons. The fourth-order valence-electron chi connectivity index (χ4n) is 3.44. The third-order valence-corrected chi connectivity index (χ3v) is 5.11. The van der Waals surface area contributed by atoms with Crippen LogP contribution in [0, 0.1) is 10.1 Å². The van der Waals surface area contributed by atoms with Gasteiger partial charge in [0.1, 0.15) is 5.52 Å². The number of para-hydroxylation sites is 2. The van der Waals surface area contributed by atoms with Crippen molar-refractivity contribution >= 4 is 34.2 Å². The van der Waals surface area contributed by atoms with E-state index < -0.39 is 10.7 Å². The number of non-ortho nitro benzene ring substituents is 1. The maximum atomic E-state index is 13.7. The van der Waals surface area contributed by atoms with Crippen molar-refractivity contribution in [2.24, 2.45) is 0 Å². The molecule has 3 aromatic carbocycles. The lowest BCUT2D eigenvalue weighted by atomic mass is 9.99. The highest BCUT2D eigenvalue weighted by molar-refractivity contribution is 6.31. The average Bonchev–Trinajstić information content (AvgIpc) is 3.30. The predicted molar refractivity (Wildman–Crippen MR) is 125 cm³/mol. The Labute approximate surface area is 194 Å². The molecule has 0 unspecified atom stereocenters. The number of oxazole rings is 1. The number of Topliss-reactive ketones (excluding diaryl/α,β-unsaturated/α-hetero) is 1. The molecular weight excluding hydrogens is 440 g/mol. The zero-order valence-electron chi connectivity index (χ0n) is 18.6. The van der Waals surface area contributed by atoms with Gasteiger partial charge in [-0.2, -0.15) is 0 Å². The van der Waals surface area contributed by atoms with Crippen molar-refractivity contribution in [3.63, 3.8) is 0 Å². The summed E-state index contributed by atoms with van der Waals surface area (Å²) in [5, 5.41) is 11.0. The molecule has 0 N–H and O–H groups in total. The van der Waals surface area contributed by atoms with E-state index in [1.54, 1.807) is 36.4 Å². The summed E-state index contributed by atoms with van der Waals surface area (Å²) in [5.41, 5.74) is 2.01. The summed E-state index contributed by atoms with van der Waals surface area (Å²) in [6, 6.07) is 16.0. The fourth-order valence-corrected chi connectivity index (χ4v) is 3.44. The van der Waals surface area contributed by atoms with Gasteiger partial charge in [-0.15, -0.1) is 0 Å². The summed E-state index contributed by atoms with van der Waals surface area (Å²) in [4.78, 5) is 28.7. The van der Waals surface area contributed by atoms with E-state index in [1.807, 2.05) is 6.07 Å². The Kier molecular flexibility index (Phi) is 6.26. The Hall–Kier alpha value is -4.66. The number of ketones is 1. The number of ether oxygens (including phenoxy) is 3. The molecule has 9 nitrogen and oxygen atoms in total. The van der Waals surface area contributed by atoms with Gasteiger partial charge in [0.15, 0.2) is 22.9 Å². The number of aromatic nitrogens is 1. The van der Waals surface area contributed by atoms with E-state index in [4.69, 9.17) is 18.6 Å². The van der Waals surface area contributed by atoms with Crippen molar-refractivity contribution in [1.29, 1.82) is 0 Å². The molecule has 0 aliphatic carbocycles. The lowest BCUT2D eigenvalue weighted by Crippen LogP contribution is -2.05. The molecule has 0 spiro atoms. The first kappa shape index (κ1) is 22.5. The van der Waals surface area contributed by atoms with E-state index in [0.717, 1.165) is 0 Å². The molecular formula is C25H20N2O7. The van der Waals surface area contributed by atoms with E-state index >= 15 is 0 Å².